The minimum Gasteiger partial charge on any atom is -0.349 e. The number of nitrogens with zero attached hydrogens (tertiary/aromatic N) is 1. The molecule has 0 radical (unpaired) electrons. The number of amides is 2. The van der Waals surface area contributed by atoms with Gasteiger partial charge in [0.2, 0.25) is 5.91 Å². The van der Waals surface area contributed by atoms with E-state index >= 15 is 0 Å². The molecule has 1 fully saturated rings. The Morgan fingerprint density at radius 2 is 2.08 bits per heavy atom. The molecule has 1 saturated carbocycles. The number of aryl methyl sites for hydroxylation is 2. The fourth-order valence-electron chi connectivity index (χ4n) is 2.28. The number of nitrogens with one attached hydrogen (secondary N) is 2. The highest BCUT2D eigenvalue weighted by atomic mass is 32.1. The van der Waals surface area contributed by atoms with Crippen LogP contribution in [0.15, 0.2) is 18.2 Å². The molecular formula is C17H18FN3O2S. The SMILES string of the molecule is Cc1ccc(F)cc1NC(=O)Cc1nc(C)c(C(=O)NC2CC2)s1. The Kier molecular flexibility index (Phi) is 4.62. The van der Waals surface area contributed by atoms with Crippen molar-refractivity contribution in [2.45, 2.75) is 39.2 Å². The molecule has 1 aromatic carbocycles. The van der Waals surface area contributed by atoms with Gasteiger partial charge in [0, 0.05) is 11.7 Å². The molecule has 2 amide bonds. The first-order chi connectivity index (χ1) is 11.4. The first kappa shape index (κ1) is 16.6. The number of carbonyl (C=O) groups is 2. The average molecular weight is 347 g/mol. The third-order valence-electron chi connectivity index (χ3n) is 3.75. The number of thiazole rings is 1. The van der Waals surface area contributed by atoms with Crippen LogP contribution in [0.3, 0.4) is 0 Å². The van der Waals surface area contributed by atoms with Crippen molar-refractivity contribution in [3.05, 3.63) is 45.2 Å². The number of hydrogen-bond donors (Lipinski definition) is 2. The molecule has 0 atom stereocenters. The molecule has 0 spiro atoms. The summed E-state index contributed by atoms with van der Waals surface area (Å²) in [5, 5.41) is 6.18. The van der Waals surface area contributed by atoms with E-state index in [1.165, 1.54) is 23.5 Å². The van der Waals surface area contributed by atoms with E-state index in [1.54, 1.807) is 19.9 Å². The molecule has 24 heavy (non-hydrogen) atoms. The van der Waals surface area contributed by atoms with Crippen molar-refractivity contribution in [1.82, 2.24) is 10.3 Å². The van der Waals surface area contributed by atoms with Crippen LogP contribution in [-0.2, 0) is 11.2 Å². The number of aromatic nitrogens is 1. The number of carbonyl (C=O) groups excluding carboxylic acids is 2. The van der Waals surface area contributed by atoms with E-state index in [-0.39, 0.29) is 24.3 Å². The number of anilines is 1. The van der Waals surface area contributed by atoms with Gasteiger partial charge in [-0.25, -0.2) is 9.37 Å². The zero-order chi connectivity index (χ0) is 17.3. The maximum atomic E-state index is 13.3. The summed E-state index contributed by atoms with van der Waals surface area (Å²) >= 11 is 1.23. The van der Waals surface area contributed by atoms with Crippen molar-refractivity contribution in [2.24, 2.45) is 0 Å². The van der Waals surface area contributed by atoms with E-state index in [1.807, 2.05) is 0 Å². The number of hydrogen-bond acceptors (Lipinski definition) is 4. The predicted molar refractivity (Wildman–Crippen MR) is 90.8 cm³/mol. The summed E-state index contributed by atoms with van der Waals surface area (Å²) in [5.41, 5.74) is 1.85. The van der Waals surface area contributed by atoms with Crippen LogP contribution in [0.2, 0.25) is 0 Å². The molecule has 7 heteroatoms. The topological polar surface area (TPSA) is 71.1 Å². The molecule has 1 aliphatic rings. The van der Waals surface area contributed by atoms with Gasteiger partial charge in [0.1, 0.15) is 15.7 Å². The van der Waals surface area contributed by atoms with Crippen molar-refractivity contribution in [1.29, 1.82) is 0 Å². The standard InChI is InChI=1S/C17H18FN3O2S/c1-9-3-4-11(18)7-13(9)21-14(22)8-15-19-10(2)16(24-15)17(23)20-12-5-6-12/h3-4,7,12H,5-6,8H2,1-2H3,(H,20,23)(H,21,22). The third kappa shape index (κ3) is 3.97. The van der Waals surface area contributed by atoms with E-state index < -0.39 is 5.82 Å². The molecule has 1 aromatic heterocycles. The normalized spacial score (nSPS) is 13.6. The van der Waals surface area contributed by atoms with Gasteiger partial charge in [0.15, 0.2) is 0 Å². The third-order valence-corrected chi connectivity index (χ3v) is 4.90. The van der Waals surface area contributed by atoms with Gasteiger partial charge < -0.3 is 10.6 Å². The highest BCUT2D eigenvalue weighted by molar-refractivity contribution is 7.13. The number of rotatable bonds is 5. The van der Waals surface area contributed by atoms with Gasteiger partial charge >= 0.3 is 0 Å². The van der Waals surface area contributed by atoms with Crippen LogP contribution >= 0.6 is 11.3 Å². The van der Waals surface area contributed by atoms with Crippen molar-refractivity contribution in [2.75, 3.05) is 5.32 Å². The summed E-state index contributed by atoms with van der Waals surface area (Å²) in [6.45, 7) is 3.55. The van der Waals surface area contributed by atoms with Crippen LogP contribution < -0.4 is 10.6 Å². The summed E-state index contributed by atoms with van der Waals surface area (Å²) in [5.74, 6) is -0.813. The van der Waals surface area contributed by atoms with Crippen LogP contribution in [0, 0.1) is 19.7 Å². The zero-order valence-corrected chi connectivity index (χ0v) is 14.3. The molecule has 0 unspecified atom stereocenters. The molecule has 0 saturated heterocycles. The zero-order valence-electron chi connectivity index (χ0n) is 13.5. The van der Waals surface area contributed by atoms with Crippen LogP contribution in [0.25, 0.3) is 0 Å². The van der Waals surface area contributed by atoms with E-state index in [0.717, 1.165) is 18.4 Å². The minimum atomic E-state index is -0.403. The predicted octanol–water partition coefficient (Wildman–Crippen LogP) is 2.97. The highest BCUT2D eigenvalue weighted by Gasteiger charge is 2.26. The van der Waals surface area contributed by atoms with Gasteiger partial charge in [-0.15, -0.1) is 11.3 Å². The summed E-state index contributed by atoms with van der Waals surface area (Å²) in [6, 6.07) is 4.52. The molecule has 1 aliphatic carbocycles. The van der Waals surface area contributed by atoms with Gasteiger partial charge in [-0.05, 0) is 44.4 Å². The van der Waals surface area contributed by atoms with Gasteiger partial charge in [0.05, 0.1) is 12.1 Å². The van der Waals surface area contributed by atoms with E-state index in [2.05, 4.69) is 15.6 Å². The highest BCUT2D eigenvalue weighted by Crippen LogP contribution is 2.23. The molecule has 1 heterocycles. The Hall–Kier alpha value is -2.28. The largest absolute Gasteiger partial charge is 0.349 e. The second kappa shape index (κ2) is 6.68. The van der Waals surface area contributed by atoms with Crippen molar-refractivity contribution >= 4 is 28.8 Å². The monoisotopic (exact) mass is 347 g/mol. The lowest BCUT2D eigenvalue weighted by Crippen LogP contribution is -2.25. The van der Waals surface area contributed by atoms with E-state index in [0.29, 0.717) is 21.3 Å². The summed E-state index contributed by atoms with van der Waals surface area (Å²) in [7, 11) is 0. The van der Waals surface area contributed by atoms with Gasteiger partial charge in [-0.3, -0.25) is 9.59 Å². The Balaban J connectivity index is 1.66. The molecule has 126 valence electrons. The Labute approximate surface area is 143 Å². The molecule has 0 aliphatic heterocycles. The van der Waals surface area contributed by atoms with Gasteiger partial charge in [-0.1, -0.05) is 6.07 Å². The van der Waals surface area contributed by atoms with Crippen molar-refractivity contribution in [3.8, 4) is 0 Å². The van der Waals surface area contributed by atoms with Crippen LogP contribution in [-0.4, -0.2) is 22.8 Å². The first-order valence-electron chi connectivity index (χ1n) is 7.75. The van der Waals surface area contributed by atoms with Crippen LogP contribution in [0.4, 0.5) is 10.1 Å². The second-order valence-electron chi connectivity index (χ2n) is 5.95. The maximum absolute atomic E-state index is 13.3. The lowest BCUT2D eigenvalue weighted by molar-refractivity contribution is -0.115. The fraction of sp³-hybridized carbons (Fsp3) is 0.353. The molecule has 5 nitrogen and oxygen atoms in total. The van der Waals surface area contributed by atoms with E-state index in [4.69, 9.17) is 0 Å². The first-order valence-corrected chi connectivity index (χ1v) is 8.57. The summed E-state index contributed by atoms with van der Waals surface area (Å²) in [6.07, 6.45) is 2.09. The maximum Gasteiger partial charge on any atom is 0.263 e. The van der Waals surface area contributed by atoms with Gasteiger partial charge in [0.25, 0.3) is 5.91 Å². The minimum absolute atomic E-state index is 0.0537. The van der Waals surface area contributed by atoms with Crippen molar-refractivity contribution in [3.63, 3.8) is 0 Å². The molecule has 3 rings (SSSR count). The van der Waals surface area contributed by atoms with Gasteiger partial charge in [-0.2, -0.15) is 0 Å². The lowest BCUT2D eigenvalue weighted by Gasteiger charge is -2.07. The smallest absolute Gasteiger partial charge is 0.263 e. The quantitative estimate of drug-likeness (QED) is 0.873. The Bertz CT molecular complexity index is 799. The molecule has 0 bridgehead atoms. The van der Waals surface area contributed by atoms with E-state index in [9.17, 15) is 14.0 Å². The Morgan fingerprint density at radius 3 is 2.79 bits per heavy atom. The summed E-state index contributed by atoms with van der Waals surface area (Å²) < 4.78 is 13.3. The molecule has 2 N–H and O–H groups in total. The van der Waals surface area contributed by atoms with Crippen molar-refractivity contribution < 1.29 is 14.0 Å². The summed E-state index contributed by atoms with van der Waals surface area (Å²) in [4.78, 5) is 29.1. The molecule has 2 aromatic rings. The Morgan fingerprint density at radius 1 is 1.33 bits per heavy atom. The average Bonchev–Trinajstić information content (AvgIpc) is 3.24. The van der Waals surface area contributed by atoms with Crippen LogP contribution in [0.5, 0.6) is 0 Å². The second-order valence-corrected chi connectivity index (χ2v) is 7.04. The number of halogens is 1. The lowest BCUT2D eigenvalue weighted by atomic mass is 10.2. The van der Waals surface area contributed by atoms with Crippen LogP contribution in [0.1, 0.15) is 38.8 Å². The number of benzene rings is 1. The molecular weight excluding hydrogens is 329 g/mol. The fourth-order valence-corrected chi connectivity index (χ4v) is 3.24.